The molecule has 7 heteroatoms. The smallest absolute Gasteiger partial charge is 0.271 e. The summed E-state index contributed by atoms with van der Waals surface area (Å²) in [5.74, 6) is 1.99. The van der Waals surface area contributed by atoms with Gasteiger partial charge in [-0.05, 0) is 0 Å². The molecule has 1 amide bonds. The minimum absolute atomic E-state index is 0.00583. The van der Waals surface area contributed by atoms with E-state index in [0.29, 0.717) is 5.69 Å². The first kappa shape index (κ1) is 13.8. The summed E-state index contributed by atoms with van der Waals surface area (Å²) < 4.78 is 4.05. The predicted molar refractivity (Wildman–Crippen MR) is 77.6 cm³/mol. The molecule has 0 spiro atoms. The molecule has 21 heavy (non-hydrogen) atoms. The van der Waals surface area contributed by atoms with Crippen LogP contribution in [0.3, 0.4) is 0 Å². The number of hydrogen-bond acceptors (Lipinski definition) is 4. The van der Waals surface area contributed by atoms with E-state index in [2.05, 4.69) is 14.9 Å². The van der Waals surface area contributed by atoms with Crippen LogP contribution in [0.1, 0.15) is 22.1 Å². The maximum absolute atomic E-state index is 12.1. The van der Waals surface area contributed by atoms with Gasteiger partial charge in [0.15, 0.2) is 0 Å². The quantitative estimate of drug-likeness (QED) is 0.817. The Hall–Kier alpha value is -2.15. The van der Waals surface area contributed by atoms with Gasteiger partial charge in [0.05, 0.1) is 19.3 Å². The van der Waals surface area contributed by atoms with Crippen molar-refractivity contribution in [3.63, 3.8) is 0 Å². The average molecular weight is 288 g/mol. The van der Waals surface area contributed by atoms with Crippen molar-refractivity contribution in [1.82, 2.24) is 28.9 Å². The van der Waals surface area contributed by atoms with Crippen LogP contribution in [0.25, 0.3) is 0 Å². The molecule has 1 aliphatic rings. The zero-order valence-corrected chi connectivity index (χ0v) is 12.7. The first-order chi connectivity index (χ1) is 10.1. The van der Waals surface area contributed by atoms with Crippen LogP contribution in [0.2, 0.25) is 0 Å². The molecule has 0 unspecified atom stereocenters. The Bertz CT molecular complexity index is 656. The summed E-state index contributed by atoms with van der Waals surface area (Å²) in [5.41, 5.74) is 0.673. The molecule has 0 aromatic carbocycles. The fourth-order valence-electron chi connectivity index (χ4n) is 2.59. The predicted octanol–water partition coefficient (Wildman–Crippen LogP) is 0.334. The molecule has 3 rings (SSSR count). The second-order valence-electron chi connectivity index (χ2n) is 5.58. The number of nitrogens with zero attached hydrogens (tertiary/aromatic N) is 6. The Balaban J connectivity index is 1.75. The van der Waals surface area contributed by atoms with E-state index in [1.54, 1.807) is 25.2 Å². The Morgan fingerprint density at radius 3 is 2.81 bits per heavy atom. The Morgan fingerprint density at radius 1 is 1.33 bits per heavy atom. The van der Waals surface area contributed by atoms with Crippen LogP contribution in [0.5, 0.6) is 0 Å². The molecule has 2 aromatic heterocycles. The topological polar surface area (TPSA) is 59.2 Å². The highest BCUT2D eigenvalue weighted by atomic mass is 16.2. The van der Waals surface area contributed by atoms with E-state index in [-0.39, 0.29) is 5.91 Å². The van der Waals surface area contributed by atoms with E-state index < -0.39 is 0 Å². The third-order valence-electron chi connectivity index (χ3n) is 3.85. The van der Waals surface area contributed by atoms with Crippen molar-refractivity contribution in [2.24, 2.45) is 7.05 Å². The molecule has 0 N–H and O–H groups in total. The average Bonchev–Trinajstić information content (AvgIpc) is 3.04. The third kappa shape index (κ3) is 2.56. The highest BCUT2D eigenvalue weighted by Crippen LogP contribution is 2.16. The van der Waals surface area contributed by atoms with Crippen molar-refractivity contribution in [2.45, 2.75) is 19.6 Å². The number of hydrogen-bond donors (Lipinski definition) is 0. The van der Waals surface area contributed by atoms with Crippen LogP contribution in [0.4, 0.5) is 0 Å². The van der Waals surface area contributed by atoms with Crippen LogP contribution in [0.15, 0.2) is 18.6 Å². The Morgan fingerprint density at radius 2 is 2.14 bits per heavy atom. The van der Waals surface area contributed by atoms with Gasteiger partial charge in [-0.1, -0.05) is 0 Å². The minimum atomic E-state index is 0.00583. The lowest BCUT2D eigenvalue weighted by Gasteiger charge is -2.28. The molecule has 3 heterocycles. The summed E-state index contributed by atoms with van der Waals surface area (Å²) in [7, 11) is 5.53. The molecule has 0 fully saturated rings. The highest BCUT2D eigenvalue weighted by Gasteiger charge is 2.24. The lowest BCUT2D eigenvalue weighted by molar-refractivity contribution is 0.0812. The largest absolute Gasteiger partial charge is 0.343 e. The summed E-state index contributed by atoms with van der Waals surface area (Å²) in [4.78, 5) is 24.8. The minimum Gasteiger partial charge on any atom is -0.343 e. The van der Waals surface area contributed by atoms with Gasteiger partial charge in [-0.3, -0.25) is 9.69 Å². The van der Waals surface area contributed by atoms with Gasteiger partial charge in [0.25, 0.3) is 5.91 Å². The van der Waals surface area contributed by atoms with Gasteiger partial charge in [-0.25, -0.2) is 9.97 Å². The maximum atomic E-state index is 12.1. The standard InChI is InChI=1S/C14H20N6O/c1-17(2)14(21)11-8-16-13-10-19(6-7-20(11)13)9-12-15-4-5-18(12)3/h4-5,8H,6-7,9-10H2,1-3H3. The van der Waals surface area contributed by atoms with Gasteiger partial charge in [0, 0.05) is 46.6 Å². The van der Waals surface area contributed by atoms with Crippen LogP contribution < -0.4 is 0 Å². The molecule has 0 saturated heterocycles. The lowest BCUT2D eigenvalue weighted by Crippen LogP contribution is -2.36. The first-order valence-corrected chi connectivity index (χ1v) is 7.01. The number of amides is 1. The fourth-order valence-corrected chi connectivity index (χ4v) is 2.59. The number of rotatable bonds is 3. The van der Waals surface area contributed by atoms with E-state index in [0.717, 1.165) is 37.8 Å². The summed E-state index contributed by atoms with van der Waals surface area (Å²) in [6.45, 7) is 3.22. The van der Waals surface area contributed by atoms with E-state index in [9.17, 15) is 4.79 Å². The van der Waals surface area contributed by atoms with Crippen LogP contribution in [0, 0.1) is 0 Å². The normalized spacial score (nSPS) is 15.0. The molecule has 0 atom stereocenters. The molecular weight excluding hydrogens is 268 g/mol. The van der Waals surface area contributed by atoms with Crippen molar-refractivity contribution in [3.05, 3.63) is 35.9 Å². The van der Waals surface area contributed by atoms with Gasteiger partial charge in [0.2, 0.25) is 0 Å². The molecule has 7 nitrogen and oxygen atoms in total. The third-order valence-corrected chi connectivity index (χ3v) is 3.85. The molecule has 0 bridgehead atoms. The molecule has 112 valence electrons. The van der Waals surface area contributed by atoms with Crippen LogP contribution >= 0.6 is 0 Å². The Kier molecular flexibility index (Phi) is 3.50. The van der Waals surface area contributed by atoms with E-state index >= 15 is 0 Å². The van der Waals surface area contributed by atoms with Gasteiger partial charge in [0.1, 0.15) is 17.3 Å². The van der Waals surface area contributed by atoms with Gasteiger partial charge < -0.3 is 14.0 Å². The number of imidazole rings is 2. The molecule has 0 aliphatic carbocycles. The number of aromatic nitrogens is 4. The second kappa shape index (κ2) is 5.33. The zero-order chi connectivity index (χ0) is 15.0. The van der Waals surface area contributed by atoms with Crippen molar-refractivity contribution in [3.8, 4) is 0 Å². The Labute approximate surface area is 123 Å². The number of aryl methyl sites for hydroxylation is 1. The fraction of sp³-hybridized carbons (Fsp3) is 0.500. The van der Waals surface area contributed by atoms with Crippen molar-refractivity contribution >= 4 is 5.91 Å². The zero-order valence-electron chi connectivity index (χ0n) is 12.7. The summed E-state index contributed by atoms with van der Waals surface area (Å²) in [6, 6.07) is 0. The van der Waals surface area contributed by atoms with Gasteiger partial charge in [-0.15, -0.1) is 0 Å². The molecular formula is C14H20N6O. The van der Waals surface area contributed by atoms with E-state index in [4.69, 9.17) is 0 Å². The maximum Gasteiger partial charge on any atom is 0.271 e. The van der Waals surface area contributed by atoms with E-state index in [1.807, 2.05) is 28.6 Å². The van der Waals surface area contributed by atoms with Crippen molar-refractivity contribution in [1.29, 1.82) is 0 Å². The number of carbonyl (C=O) groups excluding carboxylic acids is 1. The van der Waals surface area contributed by atoms with Gasteiger partial charge >= 0.3 is 0 Å². The number of carbonyl (C=O) groups is 1. The van der Waals surface area contributed by atoms with Gasteiger partial charge in [-0.2, -0.15) is 0 Å². The molecule has 1 aliphatic heterocycles. The first-order valence-electron chi connectivity index (χ1n) is 7.01. The number of fused-ring (bicyclic) bond motifs is 1. The molecule has 2 aromatic rings. The monoisotopic (exact) mass is 288 g/mol. The summed E-state index contributed by atoms with van der Waals surface area (Å²) in [5, 5.41) is 0. The highest BCUT2D eigenvalue weighted by molar-refractivity contribution is 5.92. The van der Waals surface area contributed by atoms with Crippen LogP contribution in [-0.4, -0.2) is 55.4 Å². The lowest BCUT2D eigenvalue weighted by atomic mass is 10.3. The SMILES string of the molecule is CN(C)C(=O)c1cnc2n1CCN(Cc1nccn1C)C2. The van der Waals surface area contributed by atoms with E-state index in [1.165, 1.54) is 0 Å². The molecule has 0 saturated carbocycles. The van der Waals surface area contributed by atoms with Crippen LogP contribution in [-0.2, 0) is 26.7 Å². The molecule has 0 radical (unpaired) electrons. The summed E-state index contributed by atoms with van der Waals surface area (Å²) >= 11 is 0. The van der Waals surface area contributed by atoms with Crippen molar-refractivity contribution in [2.75, 3.05) is 20.6 Å². The second-order valence-corrected chi connectivity index (χ2v) is 5.58. The summed E-state index contributed by atoms with van der Waals surface area (Å²) in [6.07, 6.45) is 5.45. The van der Waals surface area contributed by atoms with Crippen molar-refractivity contribution < 1.29 is 4.79 Å².